The summed E-state index contributed by atoms with van der Waals surface area (Å²) in [5, 5.41) is 12.2. The second-order valence-corrected chi connectivity index (χ2v) is 12.3. The minimum Gasteiger partial charge on any atom is -0.493 e. The van der Waals surface area contributed by atoms with Crippen molar-refractivity contribution in [3.8, 4) is 17.2 Å². The van der Waals surface area contributed by atoms with Crippen LogP contribution in [0.4, 0.5) is 0 Å². The molecule has 20 heteroatoms. The van der Waals surface area contributed by atoms with Gasteiger partial charge in [-0.3, -0.25) is 28.8 Å². The number of hydrogen-bond donors (Lipinski definition) is 1. The molecule has 306 valence electrons. The summed E-state index contributed by atoms with van der Waals surface area (Å²) in [4.78, 5) is 86.8. The molecule has 20 nitrogen and oxygen atoms in total. The fraction of sp³-hybridized carbons (Fsp3) is 0.629. The highest BCUT2D eigenvalue weighted by atomic mass is 16.8. The third-order valence-electron chi connectivity index (χ3n) is 8.27. The Labute approximate surface area is 315 Å². The van der Waals surface area contributed by atoms with E-state index in [2.05, 4.69) is 0 Å². The second-order valence-electron chi connectivity index (χ2n) is 12.3. The highest BCUT2D eigenvalue weighted by Crippen LogP contribution is 2.45. The molecule has 0 amide bonds. The monoisotopic (exact) mass is 786 g/mol. The van der Waals surface area contributed by atoms with Gasteiger partial charge in [0.15, 0.2) is 48.3 Å². The molecule has 2 aliphatic rings. The molecule has 1 aromatic carbocycles. The lowest BCUT2D eigenvalue weighted by Crippen LogP contribution is -2.64. The fourth-order valence-electron chi connectivity index (χ4n) is 6.17. The van der Waals surface area contributed by atoms with Crippen LogP contribution in [0.1, 0.15) is 65.7 Å². The standard InChI is InChI=1S/C35H46O20/c1-11-47-35(43)15(2)26(54-33(42)22-12-23(44-9)27(48-17(4)37)24(13-22)45-10)30(51-20(7)40)32(35)55-34-31(52-21(8)41)29(50-19(6)39)28(49-18(5)38)25(53-34)14-46-16(3)36/h12-13,15,25-26,28-32,34,43H,11,14H2,1-10H3. The maximum Gasteiger partial charge on any atom is 0.338 e. The molecule has 1 aromatic rings. The van der Waals surface area contributed by atoms with Gasteiger partial charge in [-0.1, -0.05) is 6.92 Å². The molecule has 0 radical (unpaired) electrons. The van der Waals surface area contributed by atoms with E-state index in [-0.39, 0.29) is 29.4 Å². The van der Waals surface area contributed by atoms with Gasteiger partial charge in [-0.2, -0.15) is 0 Å². The van der Waals surface area contributed by atoms with Gasteiger partial charge in [0.05, 0.1) is 25.7 Å². The summed E-state index contributed by atoms with van der Waals surface area (Å²) in [6, 6.07) is 2.40. The molecule has 1 saturated heterocycles. The number of rotatable bonds is 15. The van der Waals surface area contributed by atoms with Crippen LogP contribution < -0.4 is 14.2 Å². The van der Waals surface area contributed by atoms with E-state index in [1.54, 1.807) is 0 Å². The first-order valence-corrected chi connectivity index (χ1v) is 16.9. The van der Waals surface area contributed by atoms with Crippen LogP contribution in [-0.2, 0) is 71.4 Å². The zero-order valence-electron chi connectivity index (χ0n) is 32.0. The van der Waals surface area contributed by atoms with Crippen LogP contribution in [0.25, 0.3) is 0 Å². The Morgan fingerprint density at radius 2 is 1.20 bits per heavy atom. The summed E-state index contributed by atoms with van der Waals surface area (Å²) < 4.78 is 66.7. The third-order valence-corrected chi connectivity index (χ3v) is 8.27. The van der Waals surface area contributed by atoms with E-state index in [0.717, 1.165) is 41.5 Å². The van der Waals surface area contributed by atoms with Crippen LogP contribution in [0.15, 0.2) is 12.1 Å². The Bertz CT molecular complexity index is 1580. The largest absolute Gasteiger partial charge is 0.493 e. The first-order chi connectivity index (χ1) is 25.8. The number of carbonyl (C=O) groups is 7. The first-order valence-electron chi connectivity index (χ1n) is 16.9. The molecule has 2 fully saturated rings. The Kier molecular flexibility index (Phi) is 15.3. The molecule has 0 bridgehead atoms. The van der Waals surface area contributed by atoms with Crippen LogP contribution in [0, 0.1) is 5.92 Å². The number of hydrogen-bond acceptors (Lipinski definition) is 20. The summed E-state index contributed by atoms with van der Waals surface area (Å²) >= 11 is 0. The molecular weight excluding hydrogens is 740 g/mol. The molecule has 10 unspecified atom stereocenters. The normalized spacial score (nSPS) is 28.5. The van der Waals surface area contributed by atoms with Gasteiger partial charge in [0, 0.05) is 48.1 Å². The Morgan fingerprint density at radius 1 is 0.691 bits per heavy atom. The van der Waals surface area contributed by atoms with Crippen molar-refractivity contribution in [2.75, 3.05) is 27.4 Å². The van der Waals surface area contributed by atoms with Crippen LogP contribution in [0.5, 0.6) is 17.2 Å². The fourth-order valence-corrected chi connectivity index (χ4v) is 6.17. The van der Waals surface area contributed by atoms with Crippen molar-refractivity contribution in [2.24, 2.45) is 5.92 Å². The zero-order chi connectivity index (χ0) is 41.4. The molecule has 0 spiro atoms. The maximum absolute atomic E-state index is 13.8. The van der Waals surface area contributed by atoms with Gasteiger partial charge >= 0.3 is 41.8 Å². The summed E-state index contributed by atoms with van der Waals surface area (Å²) in [5.41, 5.74) is -0.178. The molecule has 10 atom stereocenters. The van der Waals surface area contributed by atoms with Crippen LogP contribution in [0.3, 0.4) is 0 Å². The molecule has 0 aromatic heterocycles. The number of benzene rings is 1. The van der Waals surface area contributed by atoms with E-state index in [1.165, 1.54) is 40.2 Å². The van der Waals surface area contributed by atoms with Crippen molar-refractivity contribution in [3.05, 3.63) is 17.7 Å². The predicted octanol–water partition coefficient (Wildman–Crippen LogP) is 0.929. The topological polar surface area (TPSA) is 250 Å². The minimum atomic E-state index is -2.45. The van der Waals surface area contributed by atoms with Gasteiger partial charge < -0.3 is 61.9 Å². The lowest BCUT2D eigenvalue weighted by atomic mass is 9.97. The third kappa shape index (κ3) is 10.8. The summed E-state index contributed by atoms with van der Waals surface area (Å²) in [7, 11) is 2.51. The number of ether oxygens (including phenoxy) is 12. The van der Waals surface area contributed by atoms with Gasteiger partial charge in [-0.05, 0) is 19.1 Å². The van der Waals surface area contributed by atoms with Gasteiger partial charge in [-0.15, -0.1) is 0 Å². The quantitative estimate of drug-likeness (QED) is 0.112. The number of carbonyl (C=O) groups excluding carboxylic acids is 7. The van der Waals surface area contributed by atoms with Crippen molar-refractivity contribution >= 4 is 41.8 Å². The van der Waals surface area contributed by atoms with Crippen molar-refractivity contribution in [3.63, 3.8) is 0 Å². The molecule has 1 saturated carbocycles. The van der Waals surface area contributed by atoms with Gasteiger partial charge in [0.2, 0.25) is 11.5 Å². The summed E-state index contributed by atoms with van der Waals surface area (Å²) in [6.45, 7) is 8.55. The molecule has 1 N–H and O–H groups in total. The highest BCUT2D eigenvalue weighted by molar-refractivity contribution is 5.91. The summed E-state index contributed by atoms with van der Waals surface area (Å²) in [5.74, 6) is -10.1. The first kappa shape index (κ1) is 44.3. The van der Waals surface area contributed by atoms with E-state index >= 15 is 0 Å². The van der Waals surface area contributed by atoms with Gasteiger partial charge in [-0.25, -0.2) is 4.79 Å². The SMILES string of the molecule is CCOC1(O)C(C)C(OC(=O)c2cc(OC)c(OC(C)=O)c(OC)c2)C(OC(C)=O)C1OC1OC(COC(C)=O)C(OC(C)=O)C(OC(C)=O)C1OC(C)=O. The number of aliphatic hydroxyl groups is 1. The molecule has 1 aliphatic heterocycles. The van der Waals surface area contributed by atoms with Crippen LogP contribution >= 0.6 is 0 Å². The lowest BCUT2D eigenvalue weighted by Gasteiger charge is -2.45. The lowest BCUT2D eigenvalue weighted by molar-refractivity contribution is -0.355. The van der Waals surface area contributed by atoms with Crippen molar-refractivity contribution in [2.45, 2.75) is 110 Å². The Morgan fingerprint density at radius 3 is 1.67 bits per heavy atom. The zero-order valence-corrected chi connectivity index (χ0v) is 32.0. The van der Waals surface area contributed by atoms with Gasteiger partial charge in [0.25, 0.3) is 0 Å². The van der Waals surface area contributed by atoms with E-state index in [0.29, 0.717) is 0 Å². The Balaban J connectivity index is 2.15. The van der Waals surface area contributed by atoms with E-state index in [1.807, 2.05) is 0 Å². The maximum atomic E-state index is 13.8. The molecular formula is C35H46O20. The van der Waals surface area contributed by atoms with Gasteiger partial charge in [0.1, 0.15) is 18.8 Å². The Hall–Kier alpha value is -5.05. The molecule has 3 rings (SSSR count). The number of methoxy groups -OCH3 is 2. The molecule has 1 aliphatic carbocycles. The highest BCUT2D eigenvalue weighted by Gasteiger charge is 2.66. The number of esters is 7. The van der Waals surface area contributed by atoms with Crippen molar-refractivity contribution in [1.29, 1.82) is 0 Å². The average Bonchev–Trinajstić information content (AvgIpc) is 3.25. The van der Waals surface area contributed by atoms with E-state index < -0.39 is 109 Å². The summed E-state index contributed by atoms with van der Waals surface area (Å²) in [6.07, 6.45) is -13.2. The average molecular weight is 787 g/mol. The molecule has 55 heavy (non-hydrogen) atoms. The van der Waals surface area contributed by atoms with E-state index in [4.69, 9.17) is 56.8 Å². The minimum absolute atomic E-state index is 0.0757. The van der Waals surface area contributed by atoms with Crippen LogP contribution in [0.2, 0.25) is 0 Å². The van der Waals surface area contributed by atoms with Crippen molar-refractivity contribution in [1.82, 2.24) is 0 Å². The van der Waals surface area contributed by atoms with Crippen molar-refractivity contribution < 1.29 is 95.5 Å². The second kappa shape index (κ2) is 19.0. The van der Waals surface area contributed by atoms with Crippen LogP contribution in [-0.4, -0.2) is 129 Å². The smallest absolute Gasteiger partial charge is 0.338 e. The molecule has 1 heterocycles. The predicted molar refractivity (Wildman–Crippen MR) is 178 cm³/mol. The van der Waals surface area contributed by atoms with E-state index in [9.17, 15) is 38.7 Å².